The number of rotatable bonds is 9. The molecule has 0 aliphatic rings. The monoisotopic (exact) mass is 284 g/mol. The standard InChI is InChI=1S/C15H28N2OS/c1-6-15(7-2,18-9-4)14(16-8-3)10-13-11-19-12(5)17-13/h11,14,16H,6-10H2,1-5H3. The largest absolute Gasteiger partial charge is 0.374 e. The molecule has 0 saturated carbocycles. The lowest BCUT2D eigenvalue weighted by Gasteiger charge is -2.39. The zero-order valence-corrected chi connectivity index (χ0v) is 13.8. The first-order valence-corrected chi connectivity index (χ1v) is 8.28. The van der Waals surface area contributed by atoms with Crippen LogP contribution >= 0.6 is 11.3 Å². The van der Waals surface area contributed by atoms with E-state index in [-0.39, 0.29) is 5.60 Å². The fraction of sp³-hybridized carbons (Fsp3) is 0.800. The number of hydrogen-bond acceptors (Lipinski definition) is 4. The van der Waals surface area contributed by atoms with Gasteiger partial charge < -0.3 is 10.1 Å². The van der Waals surface area contributed by atoms with Crippen molar-refractivity contribution >= 4 is 11.3 Å². The summed E-state index contributed by atoms with van der Waals surface area (Å²) in [6.45, 7) is 12.5. The molecule has 1 unspecified atom stereocenters. The van der Waals surface area contributed by atoms with Crippen LogP contribution in [0.5, 0.6) is 0 Å². The van der Waals surface area contributed by atoms with Crippen LogP contribution in [0.1, 0.15) is 51.2 Å². The van der Waals surface area contributed by atoms with Gasteiger partial charge in [0.2, 0.25) is 0 Å². The molecule has 4 heteroatoms. The molecule has 1 aromatic rings. The quantitative estimate of drug-likeness (QED) is 0.753. The molecule has 1 N–H and O–H groups in total. The van der Waals surface area contributed by atoms with Crippen molar-refractivity contribution in [3.8, 4) is 0 Å². The molecule has 1 rings (SSSR count). The molecule has 0 aliphatic carbocycles. The third-order valence-corrected chi connectivity index (χ3v) is 4.62. The highest BCUT2D eigenvalue weighted by Crippen LogP contribution is 2.27. The molecular weight excluding hydrogens is 256 g/mol. The Morgan fingerprint density at radius 2 is 2.00 bits per heavy atom. The van der Waals surface area contributed by atoms with Gasteiger partial charge in [0.25, 0.3) is 0 Å². The number of ether oxygens (including phenoxy) is 1. The highest BCUT2D eigenvalue weighted by Gasteiger charge is 2.36. The molecule has 0 saturated heterocycles. The summed E-state index contributed by atoms with van der Waals surface area (Å²) in [4.78, 5) is 4.60. The number of nitrogens with one attached hydrogen (secondary N) is 1. The van der Waals surface area contributed by atoms with Crippen LogP contribution in [0.2, 0.25) is 0 Å². The minimum absolute atomic E-state index is 0.0811. The minimum Gasteiger partial charge on any atom is -0.374 e. The van der Waals surface area contributed by atoms with Gasteiger partial charge in [-0.05, 0) is 33.2 Å². The Hall–Kier alpha value is -0.450. The predicted octanol–water partition coefficient (Wildman–Crippen LogP) is 3.57. The summed E-state index contributed by atoms with van der Waals surface area (Å²) < 4.78 is 6.13. The second kappa shape index (κ2) is 7.98. The van der Waals surface area contributed by atoms with E-state index < -0.39 is 0 Å². The lowest BCUT2D eigenvalue weighted by molar-refractivity contribution is -0.0717. The van der Waals surface area contributed by atoms with Gasteiger partial charge in [-0.1, -0.05) is 20.8 Å². The van der Waals surface area contributed by atoms with E-state index in [9.17, 15) is 0 Å². The van der Waals surface area contributed by atoms with Crippen LogP contribution in [-0.4, -0.2) is 29.8 Å². The highest BCUT2D eigenvalue weighted by atomic mass is 32.1. The maximum Gasteiger partial charge on any atom is 0.0897 e. The molecule has 0 amide bonds. The summed E-state index contributed by atoms with van der Waals surface area (Å²) in [6, 6.07) is 0.328. The van der Waals surface area contributed by atoms with Crippen LogP contribution in [0.4, 0.5) is 0 Å². The summed E-state index contributed by atoms with van der Waals surface area (Å²) in [6.07, 6.45) is 3.00. The fourth-order valence-electron chi connectivity index (χ4n) is 2.74. The van der Waals surface area contributed by atoms with E-state index in [0.29, 0.717) is 6.04 Å². The number of likely N-dealkylation sites (N-methyl/N-ethyl adjacent to an activating group) is 1. The van der Waals surface area contributed by atoms with E-state index in [4.69, 9.17) is 4.74 Å². The van der Waals surface area contributed by atoms with Gasteiger partial charge in [-0.2, -0.15) is 0 Å². The normalized spacial score (nSPS) is 13.7. The molecule has 19 heavy (non-hydrogen) atoms. The van der Waals surface area contributed by atoms with E-state index in [2.05, 4.69) is 50.3 Å². The second-order valence-corrected chi connectivity index (χ2v) is 5.94. The van der Waals surface area contributed by atoms with Gasteiger partial charge in [-0.3, -0.25) is 0 Å². The SMILES string of the molecule is CCNC(Cc1csc(C)n1)C(CC)(CC)OCC. The van der Waals surface area contributed by atoms with Crippen molar-refractivity contribution in [2.75, 3.05) is 13.2 Å². The summed E-state index contributed by atoms with van der Waals surface area (Å²) in [5.74, 6) is 0. The average Bonchev–Trinajstić information content (AvgIpc) is 2.81. The number of nitrogens with zero attached hydrogens (tertiary/aromatic N) is 1. The third kappa shape index (κ3) is 4.26. The molecule has 0 aromatic carbocycles. The second-order valence-electron chi connectivity index (χ2n) is 4.88. The van der Waals surface area contributed by atoms with Gasteiger partial charge >= 0.3 is 0 Å². The van der Waals surface area contributed by atoms with Crippen LogP contribution in [0.15, 0.2) is 5.38 Å². The summed E-state index contributed by atoms with van der Waals surface area (Å²) in [5.41, 5.74) is 1.10. The average molecular weight is 284 g/mol. The van der Waals surface area contributed by atoms with Crippen molar-refractivity contribution in [3.63, 3.8) is 0 Å². The lowest BCUT2D eigenvalue weighted by atomic mass is 9.85. The molecule has 1 atom stereocenters. The zero-order chi connectivity index (χ0) is 14.3. The van der Waals surface area contributed by atoms with Crippen LogP contribution in [0.25, 0.3) is 0 Å². The molecule has 1 heterocycles. The lowest BCUT2D eigenvalue weighted by Crippen LogP contribution is -2.53. The van der Waals surface area contributed by atoms with Gasteiger partial charge in [0.1, 0.15) is 0 Å². The maximum absolute atomic E-state index is 6.13. The number of thiazole rings is 1. The van der Waals surface area contributed by atoms with Crippen LogP contribution in [-0.2, 0) is 11.2 Å². The summed E-state index contributed by atoms with van der Waals surface area (Å²) in [5, 5.41) is 6.92. The first-order chi connectivity index (χ1) is 9.11. The number of hydrogen-bond donors (Lipinski definition) is 1. The molecule has 110 valence electrons. The Morgan fingerprint density at radius 1 is 1.32 bits per heavy atom. The van der Waals surface area contributed by atoms with Crippen molar-refractivity contribution in [2.24, 2.45) is 0 Å². The summed E-state index contributed by atoms with van der Waals surface area (Å²) >= 11 is 1.72. The van der Waals surface area contributed by atoms with Crippen LogP contribution < -0.4 is 5.32 Å². The first kappa shape index (κ1) is 16.6. The molecular formula is C15H28N2OS. The Balaban J connectivity index is 2.89. The molecule has 0 bridgehead atoms. The van der Waals surface area contributed by atoms with E-state index >= 15 is 0 Å². The molecule has 0 fully saturated rings. The van der Waals surface area contributed by atoms with E-state index in [1.54, 1.807) is 11.3 Å². The van der Waals surface area contributed by atoms with Gasteiger partial charge in [0.05, 0.1) is 16.3 Å². The first-order valence-electron chi connectivity index (χ1n) is 7.40. The van der Waals surface area contributed by atoms with Crippen molar-refractivity contribution in [1.82, 2.24) is 10.3 Å². The molecule has 1 aromatic heterocycles. The Kier molecular flexibility index (Phi) is 6.97. The number of aromatic nitrogens is 1. The maximum atomic E-state index is 6.13. The van der Waals surface area contributed by atoms with Crippen molar-refractivity contribution in [1.29, 1.82) is 0 Å². The Morgan fingerprint density at radius 3 is 2.42 bits per heavy atom. The van der Waals surface area contributed by atoms with E-state index in [1.807, 2.05) is 0 Å². The number of aryl methyl sites for hydroxylation is 1. The van der Waals surface area contributed by atoms with Gasteiger partial charge in [0, 0.05) is 24.4 Å². The van der Waals surface area contributed by atoms with Crippen molar-refractivity contribution in [2.45, 2.75) is 65.5 Å². The predicted molar refractivity (Wildman–Crippen MR) is 83.0 cm³/mol. The molecule has 3 nitrogen and oxygen atoms in total. The topological polar surface area (TPSA) is 34.2 Å². The fourth-order valence-corrected chi connectivity index (χ4v) is 3.36. The molecule has 0 aliphatic heterocycles. The smallest absolute Gasteiger partial charge is 0.0897 e. The Labute approximate surface area is 121 Å². The van der Waals surface area contributed by atoms with Gasteiger partial charge in [-0.25, -0.2) is 4.98 Å². The van der Waals surface area contributed by atoms with Crippen molar-refractivity contribution < 1.29 is 4.74 Å². The Bertz CT molecular complexity index is 361. The van der Waals surface area contributed by atoms with Gasteiger partial charge in [-0.15, -0.1) is 11.3 Å². The summed E-state index contributed by atoms with van der Waals surface area (Å²) in [7, 11) is 0. The van der Waals surface area contributed by atoms with Crippen LogP contribution in [0, 0.1) is 6.92 Å². The molecule has 0 spiro atoms. The zero-order valence-electron chi connectivity index (χ0n) is 13.0. The van der Waals surface area contributed by atoms with Gasteiger partial charge in [0.15, 0.2) is 0 Å². The van der Waals surface area contributed by atoms with E-state index in [1.165, 1.54) is 5.69 Å². The van der Waals surface area contributed by atoms with Crippen LogP contribution in [0.3, 0.4) is 0 Å². The van der Waals surface area contributed by atoms with E-state index in [0.717, 1.165) is 37.4 Å². The molecule has 0 radical (unpaired) electrons. The highest BCUT2D eigenvalue weighted by molar-refractivity contribution is 7.09. The minimum atomic E-state index is -0.0811. The third-order valence-electron chi connectivity index (χ3n) is 3.79. The van der Waals surface area contributed by atoms with Crippen molar-refractivity contribution in [3.05, 3.63) is 16.1 Å².